The summed E-state index contributed by atoms with van der Waals surface area (Å²) in [6, 6.07) is 0. The Balaban J connectivity index is 2.07. The first-order valence-electron chi connectivity index (χ1n) is 4.45. The lowest BCUT2D eigenvalue weighted by molar-refractivity contribution is 0.370. The zero-order valence-corrected chi connectivity index (χ0v) is 8.22. The summed E-state index contributed by atoms with van der Waals surface area (Å²) in [6.07, 6.45) is 4.91. The molecular formula is C9H12N2OS. The van der Waals surface area contributed by atoms with Gasteiger partial charge in [0.2, 0.25) is 5.89 Å². The Labute approximate surface area is 81.6 Å². The van der Waals surface area contributed by atoms with Crippen molar-refractivity contribution in [2.75, 3.05) is 5.75 Å². The van der Waals surface area contributed by atoms with Crippen LogP contribution in [0.2, 0.25) is 0 Å². The number of aromatic nitrogens is 2. The molecule has 1 saturated heterocycles. The van der Waals surface area contributed by atoms with Gasteiger partial charge < -0.3 is 4.52 Å². The zero-order valence-electron chi connectivity index (χ0n) is 7.40. The number of hydrogen-bond acceptors (Lipinski definition) is 4. The second-order valence-electron chi connectivity index (χ2n) is 3.04. The van der Waals surface area contributed by atoms with Gasteiger partial charge in [0.15, 0.2) is 5.82 Å². The lowest BCUT2D eigenvalue weighted by Gasteiger charge is -1.98. The van der Waals surface area contributed by atoms with E-state index >= 15 is 0 Å². The predicted octanol–water partition coefficient (Wildman–Crippen LogP) is 2.37. The van der Waals surface area contributed by atoms with Crippen LogP contribution in [0, 0.1) is 0 Å². The van der Waals surface area contributed by atoms with Crippen molar-refractivity contribution in [1.29, 1.82) is 0 Å². The Bertz CT molecular complexity index is 292. The molecular weight excluding hydrogens is 184 g/mol. The van der Waals surface area contributed by atoms with Crippen molar-refractivity contribution in [2.24, 2.45) is 0 Å². The van der Waals surface area contributed by atoms with Gasteiger partial charge in [-0.05, 0) is 18.6 Å². The van der Waals surface area contributed by atoms with Crippen molar-refractivity contribution in [2.45, 2.75) is 24.5 Å². The van der Waals surface area contributed by atoms with Gasteiger partial charge in [-0.25, -0.2) is 0 Å². The quantitative estimate of drug-likeness (QED) is 0.696. The fraction of sp³-hybridized carbons (Fsp3) is 0.556. The molecule has 13 heavy (non-hydrogen) atoms. The molecule has 3 nitrogen and oxygen atoms in total. The topological polar surface area (TPSA) is 38.9 Å². The molecule has 0 bridgehead atoms. The van der Waals surface area contributed by atoms with E-state index in [1.807, 2.05) is 11.8 Å². The lowest BCUT2D eigenvalue weighted by Crippen LogP contribution is -1.89. The molecule has 0 radical (unpaired) electrons. The fourth-order valence-electron chi connectivity index (χ4n) is 1.38. The molecule has 4 heteroatoms. The minimum atomic E-state index is 0.436. The molecule has 0 spiro atoms. The third kappa shape index (κ3) is 1.94. The van der Waals surface area contributed by atoms with E-state index < -0.39 is 0 Å². The van der Waals surface area contributed by atoms with E-state index in [9.17, 15) is 0 Å². The molecule has 1 aromatic heterocycles. The van der Waals surface area contributed by atoms with Gasteiger partial charge in [0.05, 0.1) is 5.25 Å². The molecule has 70 valence electrons. The van der Waals surface area contributed by atoms with Crippen LogP contribution in [-0.4, -0.2) is 15.9 Å². The molecule has 0 aliphatic carbocycles. The molecule has 1 fully saturated rings. The van der Waals surface area contributed by atoms with Gasteiger partial charge in [-0.3, -0.25) is 0 Å². The number of allylic oxidation sites excluding steroid dienone is 1. The highest BCUT2D eigenvalue weighted by Gasteiger charge is 2.23. The monoisotopic (exact) mass is 196 g/mol. The van der Waals surface area contributed by atoms with Crippen LogP contribution in [0.25, 0.3) is 0 Å². The molecule has 2 heterocycles. The van der Waals surface area contributed by atoms with Crippen molar-refractivity contribution in [3.63, 3.8) is 0 Å². The van der Waals surface area contributed by atoms with Crippen molar-refractivity contribution in [3.8, 4) is 0 Å². The summed E-state index contributed by atoms with van der Waals surface area (Å²) < 4.78 is 5.17. The van der Waals surface area contributed by atoms with Crippen LogP contribution in [-0.2, 0) is 6.42 Å². The fourth-order valence-corrected chi connectivity index (χ4v) is 2.57. The highest BCUT2D eigenvalue weighted by molar-refractivity contribution is 7.99. The van der Waals surface area contributed by atoms with E-state index in [2.05, 4.69) is 16.7 Å². The number of hydrogen-bond donors (Lipinski definition) is 0. The Morgan fingerprint density at radius 3 is 3.31 bits per heavy atom. The van der Waals surface area contributed by atoms with Crippen LogP contribution in [0.1, 0.15) is 29.8 Å². The van der Waals surface area contributed by atoms with E-state index in [0.717, 1.165) is 11.7 Å². The molecule has 1 aliphatic rings. The van der Waals surface area contributed by atoms with Gasteiger partial charge in [0, 0.05) is 6.42 Å². The molecule has 0 aromatic carbocycles. The first-order valence-corrected chi connectivity index (χ1v) is 5.50. The summed E-state index contributed by atoms with van der Waals surface area (Å²) in [7, 11) is 0. The van der Waals surface area contributed by atoms with Crippen LogP contribution < -0.4 is 0 Å². The lowest BCUT2D eigenvalue weighted by atomic mass is 10.2. The largest absolute Gasteiger partial charge is 0.338 e. The van der Waals surface area contributed by atoms with E-state index in [1.165, 1.54) is 18.6 Å². The summed E-state index contributed by atoms with van der Waals surface area (Å²) in [4.78, 5) is 4.31. The molecule has 1 atom stereocenters. The summed E-state index contributed by atoms with van der Waals surface area (Å²) >= 11 is 1.90. The molecule has 1 aromatic rings. The van der Waals surface area contributed by atoms with Gasteiger partial charge in [0.1, 0.15) is 0 Å². The minimum absolute atomic E-state index is 0.436. The maximum absolute atomic E-state index is 5.17. The van der Waals surface area contributed by atoms with Crippen LogP contribution in [0.5, 0.6) is 0 Å². The van der Waals surface area contributed by atoms with Gasteiger partial charge in [-0.2, -0.15) is 4.98 Å². The highest BCUT2D eigenvalue weighted by Crippen LogP contribution is 2.38. The molecule has 0 amide bonds. The van der Waals surface area contributed by atoms with E-state index in [1.54, 1.807) is 6.08 Å². The van der Waals surface area contributed by atoms with Crippen molar-refractivity contribution in [1.82, 2.24) is 10.1 Å². The maximum atomic E-state index is 5.17. The zero-order chi connectivity index (χ0) is 9.10. The first-order chi connectivity index (χ1) is 6.40. The second-order valence-corrected chi connectivity index (χ2v) is 4.35. The molecule has 1 unspecified atom stereocenters. The Morgan fingerprint density at radius 2 is 2.62 bits per heavy atom. The summed E-state index contributed by atoms with van der Waals surface area (Å²) in [5, 5.41) is 4.32. The highest BCUT2D eigenvalue weighted by atomic mass is 32.2. The van der Waals surface area contributed by atoms with Gasteiger partial charge >= 0.3 is 0 Å². The molecule has 1 aliphatic heterocycles. The maximum Gasteiger partial charge on any atom is 0.239 e. The first kappa shape index (κ1) is 8.81. The Kier molecular flexibility index (Phi) is 2.68. The molecule has 0 N–H and O–H groups in total. The number of nitrogens with zero attached hydrogens (tertiary/aromatic N) is 2. The smallest absolute Gasteiger partial charge is 0.239 e. The van der Waals surface area contributed by atoms with E-state index in [-0.39, 0.29) is 0 Å². The van der Waals surface area contributed by atoms with Crippen molar-refractivity contribution >= 4 is 11.8 Å². The van der Waals surface area contributed by atoms with Gasteiger partial charge in [-0.15, -0.1) is 18.3 Å². The summed E-state index contributed by atoms with van der Waals surface area (Å²) in [5.41, 5.74) is 0. The summed E-state index contributed by atoms with van der Waals surface area (Å²) in [5.74, 6) is 2.75. The van der Waals surface area contributed by atoms with Crippen LogP contribution >= 0.6 is 11.8 Å². The van der Waals surface area contributed by atoms with Crippen LogP contribution in [0.15, 0.2) is 17.2 Å². The minimum Gasteiger partial charge on any atom is -0.338 e. The third-order valence-electron chi connectivity index (χ3n) is 2.02. The standard InChI is InChI=1S/C9H12N2OS/c1-2-4-8-10-9(12-11-8)7-5-3-6-13-7/h2,7H,1,3-6H2. The second kappa shape index (κ2) is 3.96. The SMILES string of the molecule is C=CCc1noc(C2CCCS2)n1. The average molecular weight is 196 g/mol. The Hall–Kier alpha value is -0.770. The van der Waals surface area contributed by atoms with E-state index in [0.29, 0.717) is 11.7 Å². The third-order valence-corrected chi connectivity index (χ3v) is 3.38. The number of rotatable bonds is 3. The average Bonchev–Trinajstić information content (AvgIpc) is 2.70. The van der Waals surface area contributed by atoms with Gasteiger partial charge in [-0.1, -0.05) is 11.2 Å². The van der Waals surface area contributed by atoms with E-state index in [4.69, 9.17) is 4.52 Å². The number of thioether (sulfide) groups is 1. The predicted molar refractivity (Wildman–Crippen MR) is 52.6 cm³/mol. The molecule has 2 rings (SSSR count). The van der Waals surface area contributed by atoms with Crippen molar-refractivity contribution < 1.29 is 4.52 Å². The summed E-state index contributed by atoms with van der Waals surface area (Å²) in [6.45, 7) is 3.64. The van der Waals surface area contributed by atoms with Crippen molar-refractivity contribution in [3.05, 3.63) is 24.4 Å². The normalized spacial score (nSPS) is 22.0. The van der Waals surface area contributed by atoms with Crippen LogP contribution in [0.3, 0.4) is 0 Å². The molecule has 0 saturated carbocycles. The Morgan fingerprint density at radius 1 is 1.69 bits per heavy atom. The van der Waals surface area contributed by atoms with Crippen LogP contribution in [0.4, 0.5) is 0 Å². The van der Waals surface area contributed by atoms with Gasteiger partial charge in [0.25, 0.3) is 0 Å².